The van der Waals surface area contributed by atoms with E-state index in [4.69, 9.17) is 20.3 Å². The number of rotatable bonds is 4. The largest absolute Gasteiger partial charge is 0.493 e. The standard InChI is InChI=1S/C16H17NO4/c1-9-4-5-13(14(6-9)20-3)21-11-7-10(2)15(17)12(8-11)16(18)19/h4-8H,17H2,1-3H3,(H,18,19). The lowest BCUT2D eigenvalue weighted by Crippen LogP contribution is -2.04. The number of aromatic carboxylic acids is 1. The second kappa shape index (κ2) is 5.75. The Labute approximate surface area is 122 Å². The highest BCUT2D eigenvalue weighted by Crippen LogP contribution is 2.34. The van der Waals surface area contributed by atoms with Crippen molar-refractivity contribution in [1.29, 1.82) is 0 Å². The molecule has 0 unspecified atom stereocenters. The van der Waals surface area contributed by atoms with E-state index in [0.717, 1.165) is 5.56 Å². The SMILES string of the molecule is COc1cc(C)ccc1Oc1cc(C)c(N)c(C(=O)O)c1. The number of hydrogen-bond donors (Lipinski definition) is 2. The van der Waals surface area contributed by atoms with Crippen molar-refractivity contribution in [3.8, 4) is 17.2 Å². The molecule has 0 atom stereocenters. The monoisotopic (exact) mass is 287 g/mol. The van der Waals surface area contributed by atoms with E-state index >= 15 is 0 Å². The number of carbonyl (C=O) groups is 1. The number of hydrogen-bond acceptors (Lipinski definition) is 4. The first-order chi connectivity index (χ1) is 9.92. The van der Waals surface area contributed by atoms with Crippen molar-refractivity contribution >= 4 is 11.7 Å². The highest BCUT2D eigenvalue weighted by molar-refractivity contribution is 5.95. The average molecular weight is 287 g/mol. The topological polar surface area (TPSA) is 81.8 Å². The molecule has 0 aromatic heterocycles. The molecule has 110 valence electrons. The lowest BCUT2D eigenvalue weighted by molar-refractivity contribution is 0.0697. The van der Waals surface area contributed by atoms with Crippen LogP contribution in [0.1, 0.15) is 21.5 Å². The van der Waals surface area contributed by atoms with Crippen molar-refractivity contribution in [1.82, 2.24) is 0 Å². The molecule has 0 aliphatic heterocycles. The Hall–Kier alpha value is -2.69. The zero-order valence-electron chi connectivity index (χ0n) is 12.1. The van der Waals surface area contributed by atoms with Gasteiger partial charge in [0.05, 0.1) is 12.7 Å². The molecule has 0 spiro atoms. The zero-order chi connectivity index (χ0) is 15.6. The van der Waals surface area contributed by atoms with E-state index in [1.165, 1.54) is 6.07 Å². The maximum atomic E-state index is 11.2. The molecule has 0 bridgehead atoms. The number of ether oxygens (including phenoxy) is 2. The third kappa shape index (κ3) is 3.08. The Morgan fingerprint density at radius 3 is 2.48 bits per heavy atom. The van der Waals surface area contributed by atoms with Crippen LogP contribution in [0.2, 0.25) is 0 Å². The van der Waals surface area contributed by atoms with Crippen molar-refractivity contribution in [2.45, 2.75) is 13.8 Å². The van der Waals surface area contributed by atoms with Gasteiger partial charge in [-0.2, -0.15) is 0 Å². The van der Waals surface area contributed by atoms with Crippen molar-refractivity contribution < 1.29 is 19.4 Å². The summed E-state index contributed by atoms with van der Waals surface area (Å²) < 4.78 is 11.0. The van der Waals surface area contributed by atoms with Crippen molar-refractivity contribution in [3.63, 3.8) is 0 Å². The first kappa shape index (κ1) is 14.7. The predicted octanol–water partition coefficient (Wildman–Crippen LogP) is 3.38. The molecule has 2 aromatic carbocycles. The molecule has 0 fully saturated rings. The van der Waals surface area contributed by atoms with Crippen molar-refractivity contribution in [2.24, 2.45) is 0 Å². The van der Waals surface area contributed by atoms with Crippen LogP contribution in [0.3, 0.4) is 0 Å². The Morgan fingerprint density at radius 2 is 1.86 bits per heavy atom. The van der Waals surface area contributed by atoms with Gasteiger partial charge in [0.1, 0.15) is 5.75 Å². The number of benzene rings is 2. The van der Waals surface area contributed by atoms with Gasteiger partial charge in [-0.15, -0.1) is 0 Å². The van der Waals surface area contributed by atoms with Gasteiger partial charge < -0.3 is 20.3 Å². The van der Waals surface area contributed by atoms with E-state index in [1.54, 1.807) is 26.2 Å². The molecule has 21 heavy (non-hydrogen) atoms. The molecule has 0 amide bonds. The Kier molecular flexibility index (Phi) is 4.03. The van der Waals surface area contributed by atoms with Gasteiger partial charge in [-0.05, 0) is 49.2 Å². The molecular formula is C16H17NO4. The number of nitrogen functional groups attached to an aromatic ring is 1. The first-order valence-electron chi connectivity index (χ1n) is 6.38. The van der Waals surface area contributed by atoms with Crippen LogP contribution < -0.4 is 15.2 Å². The van der Waals surface area contributed by atoms with Crippen LogP contribution in [0, 0.1) is 13.8 Å². The molecule has 0 aliphatic rings. The molecule has 2 rings (SSSR count). The minimum absolute atomic E-state index is 0.0241. The molecular weight excluding hydrogens is 270 g/mol. The second-order valence-corrected chi connectivity index (χ2v) is 4.76. The number of nitrogens with two attached hydrogens (primary N) is 1. The molecule has 0 aliphatic carbocycles. The molecule has 5 heteroatoms. The second-order valence-electron chi connectivity index (χ2n) is 4.76. The Bertz CT molecular complexity index is 695. The van der Waals surface area contributed by atoms with E-state index in [0.29, 0.717) is 22.8 Å². The summed E-state index contributed by atoms with van der Waals surface area (Å²) in [5.74, 6) is 0.420. The van der Waals surface area contributed by atoms with E-state index in [1.807, 2.05) is 19.1 Å². The van der Waals surface area contributed by atoms with E-state index in [-0.39, 0.29) is 11.3 Å². The van der Waals surface area contributed by atoms with Crippen LogP contribution in [0.4, 0.5) is 5.69 Å². The molecule has 0 radical (unpaired) electrons. The van der Waals surface area contributed by atoms with E-state index in [9.17, 15) is 4.79 Å². The van der Waals surface area contributed by atoms with Crippen molar-refractivity contribution in [2.75, 3.05) is 12.8 Å². The molecule has 3 N–H and O–H groups in total. The summed E-state index contributed by atoms with van der Waals surface area (Å²) >= 11 is 0. The summed E-state index contributed by atoms with van der Waals surface area (Å²) in [4.78, 5) is 11.2. The smallest absolute Gasteiger partial charge is 0.337 e. The van der Waals surface area contributed by atoms with Gasteiger partial charge in [0, 0.05) is 5.69 Å². The first-order valence-corrected chi connectivity index (χ1v) is 6.38. The fourth-order valence-electron chi connectivity index (χ4n) is 1.99. The summed E-state index contributed by atoms with van der Waals surface area (Å²) in [6, 6.07) is 8.61. The van der Waals surface area contributed by atoms with Crippen molar-refractivity contribution in [3.05, 3.63) is 47.0 Å². The summed E-state index contributed by atoms with van der Waals surface area (Å²) in [5, 5.41) is 9.16. The lowest BCUT2D eigenvalue weighted by atomic mass is 10.1. The molecule has 0 saturated carbocycles. The van der Waals surface area contributed by atoms with Crippen LogP contribution in [-0.4, -0.2) is 18.2 Å². The van der Waals surface area contributed by atoms with Gasteiger partial charge in [-0.25, -0.2) is 4.79 Å². The maximum absolute atomic E-state index is 11.2. The minimum atomic E-state index is -1.09. The molecule has 2 aromatic rings. The highest BCUT2D eigenvalue weighted by atomic mass is 16.5. The van der Waals surface area contributed by atoms with Gasteiger partial charge in [-0.1, -0.05) is 6.07 Å². The van der Waals surface area contributed by atoms with Gasteiger partial charge in [0.2, 0.25) is 0 Å². The van der Waals surface area contributed by atoms with Crippen LogP contribution in [-0.2, 0) is 0 Å². The van der Waals surface area contributed by atoms with Gasteiger partial charge >= 0.3 is 5.97 Å². The molecule has 0 saturated heterocycles. The number of carboxylic acid groups (broad SMARTS) is 1. The summed E-state index contributed by atoms with van der Waals surface area (Å²) in [5.41, 5.74) is 7.72. The maximum Gasteiger partial charge on any atom is 0.337 e. The van der Waals surface area contributed by atoms with Crippen LogP contribution >= 0.6 is 0 Å². The average Bonchev–Trinajstić information content (AvgIpc) is 2.44. The fourth-order valence-corrected chi connectivity index (χ4v) is 1.99. The third-order valence-corrected chi connectivity index (χ3v) is 3.14. The predicted molar refractivity (Wildman–Crippen MR) is 80.4 cm³/mol. The number of carboxylic acids is 1. The minimum Gasteiger partial charge on any atom is -0.493 e. The molecule has 5 nitrogen and oxygen atoms in total. The number of aryl methyl sites for hydroxylation is 2. The van der Waals surface area contributed by atoms with Crippen LogP contribution in [0.15, 0.2) is 30.3 Å². The van der Waals surface area contributed by atoms with Gasteiger partial charge in [0.15, 0.2) is 11.5 Å². The van der Waals surface area contributed by atoms with Gasteiger partial charge in [0.25, 0.3) is 0 Å². The fraction of sp³-hybridized carbons (Fsp3) is 0.188. The molecule has 0 heterocycles. The summed E-state index contributed by atoms with van der Waals surface area (Å²) in [6.07, 6.45) is 0. The third-order valence-electron chi connectivity index (χ3n) is 3.14. The quantitative estimate of drug-likeness (QED) is 0.842. The van der Waals surface area contributed by atoms with E-state index in [2.05, 4.69) is 0 Å². The summed E-state index contributed by atoms with van der Waals surface area (Å²) in [7, 11) is 1.55. The normalized spacial score (nSPS) is 10.2. The Morgan fingerprint density at radius 1 is 1.14 bits per heavy atom. The van der Waals surface area contributed by atoms with Crippen LogP contribution in [0.5, 0.6) is 17.2 Å². The van der Waals surface area contributed by atoms with Gasteiger partial charge in [-0.3, -0.25) is 0 Å². The lowest BCUT2D eigenvalue weighted by Gasteiger charge is -2.13. The Balaban J connectivity index is 2.43. The van der Waals surface area contributed by atoms with E-state index < -0.39 is 5.97 Å². The highest BCUT2D eigenvalue weighted by Gasteiger charge is 2.14. The summed E-state index contributed by atoms with van der Waals surface area (Å²) in [6.45, 7) is 3.68. The van der Waals surface area contributed by atoms with Crippen LogP contribution in [0.25, 0.3) is 0 Å². The number of methoxy groups -OCH3 is 1. The number of anilines is 1. The zero-order valence-corrected chi connectivity index (χ0v) is 12.1.